The third kappa shape index (κ3) is 12.9. The molecule has 0 aliphatic rings. The highest BCUT2D eigenvalue weighted by Crippen LogP contribution is 2.15. The van der Waals surface area contributed by atoms with Gasteiger partial charge in [0.15, 0.2) is 0 Å². The Morgan fingerprint density at radius 3 is 2.03 bits per heavy atom. The fourth-order valence-corrected chi connectivity index (χ4v) is 2.89. The summed E-state index contributed by atoms with van der Waals surface area (Å²) in [6, 6.07) is 7.71. The van der Waals surface area contributed by atoms with Crippen LogP contribution in [0.25, 0.3) is 0 Å². The Kier molecular flexibility index (Phi) is 14.1. The minimum absolute atomic E-state index is 0.182. The maximum atomic E-state index is 11.7. The predicted molar refractivity (Wildman–Crippen MR) is 121 cm³/mol. The Balaban J connectivity index is 2.51. The zero-order valence-corrected chi connectivity index (χ0v) is 19.2. The van der Waals surface area contributed by atoms with Crippen molar-refractivity contribution in [3.63, 3.8) is 0 Å². The SMILES string of the molecule is CCCCNC(=O)OCCN(CCOC(=O)NCCCC)CC(O)c1cccc(C)c1. The average Bonchev–Trinajstić information content (AvgIpc) is 2.74. The van der Waals surface area contributed by atoms with Crippen LogP contribution in [0.1, 0.15) is 56.8 Å². The number of aliphatic hydroxyl groups excluding tert-OH is 1. The first-order valence-corrected chi connectivity index (χ1v) is 11.2. The largest absolute Gasteiger partial charge is 0.448 e. The van der Waals surface area contributed by atoms with Crippen LogP contribution in [0.5, 0.6) is 0 Å². The van der Waals surface area contributed by atoms with Crippen molar-refractivity contribution in [3.8, 4) is 0 Å². The number of aryl methyl sites for hydroxylation is 1. The van der Waals surface area contributed by atoms with Gasteiger partial charge in [0.25, 0.3) is 0 Å². The molecular formula is C23H39N3O5. The number of carbonyl (C=O) groups is 2. The number of hydrogen-bond acceptors (Lipinski definition) is 6. The van der Waals surface area contributed by atoms with E-state index in [4.69, 9.17) is 9.47 Å². The van der Waals surface area contributed by atoms with Crippen molar-refractivity contribution in [2.75, 3.05) is 45.9 Å². The van der Waals surface area contributed by atoms with Gasteiger partial charge in [-0.1, -0.05) is 56.5 Å². The maximum Gasteiger partial charge on any atom is 0.407 e. The number of benzene rings is 1. The Hall–Kier alpha value is -2.32. The highest BCUT2D eigenvalue weighted by Gasteiger charge is 2.15. The van der Waals surface area contributed by atoms with Crippen LogP contribution in [0.3, 0.4) is 0 Å². The number of carbonyl (C=O) groups excluding carboxylic acids is 2. The minimum Gasteiger partial charge on any atom is -0.448 e. The van der Waals surface area contributed by atoms with Crippen LogP contribution >= 0.6 is 0 Å². The van der Waals surface area contributed by atoms with Crippen LogP contribution in [-0.2, 0) is 9.47 Å². The summed E-state index contributed by atoms with van der Waals surface area (Å²) < 4.78 is 10.4. The van der Waals surface area contributed by atoms with Crippen molar-refractivity contribution in [3.05, 3.63) is 35.4 Å². The number of hydrogen-bond donors (Lipinski definition) is 3. The fraction of sp³-hybridized carbons (Fsp3) is 0.652. The number of unbranched alkanes of at least 4 members (excludes halogenated alkanes) is 2. The van der Waals surface area contributed by atoms with Crippen molar-refractivity contribution in [1.29, 1.82) is 0 Å². The van der Waals surface area contributed by atoms with E-state index in [-0.39, 0.29) is 13.2 Å². The van der Waals surface area contributed by atoms with E-state index in [0.29, 0.717) is 32.7 Å². The third-order valence-electron chi connectivity index (χ3n) is 4.74. The average molecular weight is 438 g/mol. The van der Waals surface area contributed by atoms with Crippen LogP contribution in [0.4, 0.5) is 9.59 Å². The molecule has 0 heterocycles. The molecular weight excluding hydrogens is 398 g/mol. The number of rotatable bonds is 15. The fourth-order valence-electron chi connectivity index (χ4n) is 2.89. The van der Waals surface area contributed by atoms with Crippen LogP contribution in [0.15, 0.2) is 24.3 Å². The maximum absolute atomic E-state index is 11.7. The lowest BCUT2D eigenvalue weighted by atomic mass is 10.1. The summed E-state index contributed by atoms with van der Waals surface area (Å²) in [6.45, 7) is 8.80. The molecule has 3 N–H and O–H groups in total. The number of amides is 2. The van der Waals surface area contributed by atoms with Gasteiger partial charge in [-0.2, -0.15) is 0 Å². The van der Waals surface area contributed by atoms with Crippen molar-refractivity contribution in [1.82, 2.24) is 15.5 Å². The molecule has 0 saturated heterocycles. The second-order valence-corrected chi connectivity index (χ2v) is 7.56. The highest BCUT2D eigenvalue weighted by molar-refractivity contribution is 5.67. The quantitative estimate of drug-likeness (QED) is 0.364. The van der Waals surface area contributed by atoms with Gasteiger partial charge in [-0.3, -0.25) is 4.90 Å². The van der Waals surface area contributed by atoms with E-state index >= 15 is 0 Å². The van der Waals surface area contributed by atoms with E-state index < -0.39 is 18.3 Å². The van der Waals surface area contributed by atoms with Crippen LogP contribution in [0, 0.1) is 6.92 Å². The molecule has 2 amide bonds. The molecule has 0 radical (unpaired) electrons. The number of aliphatic hydroxyl groups is 1. The molecule has 1 aromatic carbocycles. The summed E-state index contributed by atoms with van der Waals surface area (Å²) in [4.78, 5) is 25.4. The standard InChI is InChI=1S/C23H39N3O5/c1-4-6-11-24-22(28)30-15-13-26(14-16-31-23(29)25-12-7-5-2)18-21(27)20-10-8-9-19(3)17-20/h8-10,17,21,27H,4-7,11-16,18H2,1-3H3,(H,24,28)(H,25,29). The van der Waals surface area contributed by atoms with Gasteiger partial charge in [-0.25, -0.2) is 9.59 Å². The lowest BCUT2D eigenvalue weighted by Gasteiger charge is -2.25. The lowest BCUT2D eigenvalue weighted by Crippen LogP contribution is -2.37. The zero-order valence-electron chi connectivity index (χ0n) is 19.2. The van der Waals surface area contributed by atoms with Crippen molar-refractivity contribution < 1.29 is 24.2 Å². The predicted octanol–water partition coefficient (Wildman–Crippen LogP) is 3.38. The van der Waals surface area contributed by atoms with Crippen LogP contribution < -0.4 is 10.6 Å². The first-order chi connectivity index (χ1) is 15.0. The first kappa shape index (κ1) is 26.7. The van der Waals surface area contributed by atoms with Gasteiger partial charge in [0.2, 0.25) is 0 Å². The summed E-state index contributed by atoms with van der Waals surface area (Å²) in [5.41, 5.74) is 1.89. The molecule has 0 saturated carbocycles. The van der Waals surface area contributed by atoms with Gasteiger partial charge in [0.05, 0.1) is 6.10 Å². The molecule has 1 unspecified atom stereocenters. The molecule has 1 atom stereocenters. The summed E-state index contributed by atoms with van der Waals surface area (Å²) in [7, 11) is 0. The van der Waals surface area contributed by atoms with E-state index in [9.17, 15) is 14.7 Å². The lowest BCUT2D eigenvalue weighted by molar-refractivity contribution is 0.0724. The minimum atomic E-state index is -0.698. The van der Waals surface area contributed by atoms with Crippen molar-refractivity contribution in [2.45, 2.75) is 52.6 Å². The van der Waals surface area contributed by atoms with Gasteiger partial charge in [-0.15, -0.1) is 0 Å². The van der Waals surface area contributed by atoms with Gasteiger partial charge >= 0.3 is 12.2 Å². The normalized spacial score (nSPS) is 11.8. The molecule has 1 rings (SSSR count). The highest BCUT2D eigenvalue weighted by atomic mass is 16.6. The summed E-state index contributed by atoms with van der Waals surface area (Å²) in [5, 5.41) is 16.0. The zero-order chi connectivity index (χ0) is 22.9. The number of alkyl carbamates (subject to hydrolysis) is 2. The molecule has 1 aromatic rings. The second kappa shape index (κ2) is 16.4. The first-order valence-electron chi connectivity index (χ1n) is 11.2. The molecule has 31 heavy (non-hydrogen) atoms. The summed E-state index contributed by atoms with van der Waals surface area (Å²) >= 11 is 0. The van der Waals surface area contributed by atoms with Gasteiger partial charge < -0.3 is 25.2 Å². The molecule has 176 valence electrons. The molecule has 8 heteroatoms. The molecule has 8 nitrogen and oxygen atoms in total. The summed E-state index contributed by atoms with van der Waals surface area (Å²) in [6.07, 6.45) is 2.21. The van der Waals surface area contributed by atoms with E-state index in [2.05, 4.69) is 24.5 Å². The molecule has 0 spiro atoms. The second-order valence-electron chi connectivity index (χ2n) is 7.56. The van der Waals surface area contributed by atoms with Gasteiger partial charge in [-0.05, 0) is 25.3 Å². The van der Waals surface area contributed by atoms with Crippen LogP contribution in [-0.4, -0.2) is 68.1 Å². The molecule has 0 bridgehead atoms. The third-order valence-corrected chi connectivity index (χ3v) is 4.74. The number of ether oxygens (including phenoxy) is 2. The Bertz CT molecular complexity index is 613. The molecule has 0 aliphatic carbocycles. The smallest absolute Gasteiger partial charge is 0.407 e. The van der Waals surface area contributed by atoms with Crippen LogP contribution in [0.2, 0.25) is 0 Å². The molecule has 0 fully saturated rings. The Morgan fingerprint density at radius 1 is 1.00 bits per heavy atom. The number of nitrogens with one attached hydrogen (secondary N) is 2. The Morgan fingerprint density at radius 2 is 1.55 bits per heavy atom. The van der Waals surface area contributed by atoms with E-state index in [0.717, 1.165) is 36.8 Å². The number of nitrogens with zero attached hydrogens (tertiary/aromatic N) is 1. The van der Waals surface area contributed by atoms with Gasteiger partial charge in [0.1, 0.15) is 13.2 Å². The molecule has 0 aliphatic heterocycles. The topological polar surface area (TPSA) is 100 Å². The van der Waals surface area contributed by atoms with E-state index in [1.165, 1.54) is 0 Å². The van der Waals surface area contributed by atoms with E-state index in [1.54, 1.807) is 0 Å². The monoisotopic (exact) mass is 437 g/mol. The Labute approximate surface area is 186 Å². The summed E-state index contributed by atoms with van der Waals surface area (Å²) in [5.74, 6) is 0. The van der Waals surface area contributed by atoms with Crippen molar-refractivity contribution >= 4 is 12.2 Å². The van der Waals surface area contributed by atoms with E-state index in [1.807, 2.05) is 36.1 Å². The van der Waals surface area contributed by atoms with Crippen molar-refractivity contribution in [2.24, 2.45) is 0 Å². The molecule has 0 aromatic heterocycles. The van der Waals surface area contributed by atoms with Gasteiger partial charge in [0, 0.05) is 32.7 Å².